The first kappa shape index (κ1) is 30.6. The van der Waals surface area contributed by atoms with Crippen molar-refractivity contribution >= 4 is 11.9 Å². The molecule has 0 amide bonds. The van der Waals surface area contributed by atoms with Crippen molar-refractivity contribution in [3.05, 3.63) is 46.6 Å². The lowest BCUT2D eigenvalue weighted by Gasteiger charge is -2.18. The number of esters is 2. The van der Waals surface area contributed by atoms with E-state index in [-0.39, 0.29) is 6.61 Å². The van der Waals surface area contributed by atoms with E-state index in [0.717, 1.165) is 43.2 Å². The summed E-state index contributed by atoms with van der Waals surface area (Å²) in [6, 6.07) is 5.46. The van der Waals surface area contributed by atoms with Gasteiger partial charge in [0.25, 0.3) is 0 Å². The molecule has 2 aromatic rings. The van der Waals surface area contributed by atoms with Crippen LogP contribution in [-0.2, 0) is 24.1 Å². The molecule has 37 heavy (non-hydrogen) atoms. The number of ether oxygens (including phenoxy) is 2. The minimum absolute atomic E-state index is 0.252. The smallest absolute Gasteiger partial charge is 0.346 e. The van der Waals surface area contributed by atoms with Gasteiger partial charge in [0.2, 0.25) is 5.88 Å². The fourth-order valence-corrected chi connectivity index (χ4v) is 4.79. The van der Waals surface area contributed by atoms with Crippen molar-refractivity contribution in [1.29, 1.82) is 0 Å². The highest BCUT2D eigenvalue weighted by atomic mass is 16.5. The summed E-state index contributed by atoms with van der Waals surface area (Å²) >= 11 is 0. The SMILES string of the molecule is CCCCCCCCc1ccc(C(=O)OCC)c(C(=O)Oc2ccnn2CC)c1CCCCCCCC. The molecular weight excluding hydrogens is 464 g/mol. The molecule has 0 aliphatic rings. The number of carbonyl (C=O) groups is 2. The second-order valence-corrected chi connectivity index (χ2v) is 9.76. The number of aryl methyl sites for hydroxylation is 2. The number of aromatic nitrogens is 2. The zero-order valence-corrected chi connectivity index (χ0v) is 23.7. The Morgan fingerprint density at radius 2 is 1.38 bits per heavy atom. The summed E-state index contributed by atoms with van der Waals surface area (Å²) in [4.78, 5) is 26.6. The summed E-state index contributed by atoms with van der Waals surface area (Å²) in [7, 11) is 0. The van der Waals surface area contributed by atoms with Crippen LogP contribution in [0.1, 0.15) is 137 Å². The molecule has 0 saturated heterocycles. The van der Waals surface area contributed by atoms with E-state index < -0.39 is 11.9 Å². The average Bonchev–Trinajstić information content (AvgIpc) is 3.35. The molecule has 0 radical (unpaired) electrons. The maximum atomic E-state index is 13.6. The van der Waals surface area contributed by atoms with E-state index in [4.69, 9.17) is 9.47 Å². The third kappa shape index (κ3) is 9.98. The molecule has 0 atom stereocenters. The third-order valence-corrected chi connectivity index (χ3v) is 6.86. The Kier molecular flexibility index (Phi) is 14.7. The second-order valence-electron chi connectivity index (χ2n) is 9.76. The summed E-state index contributed by atoms with van der Waals surface area (Å²) in [6.07, 6.45) is 17.5. The average molecular weight is 513 g/mol. The fraction of sp³-hybridized carbons (Fsp3) is 0.645. The lowest BCUT2D eigenvalue weighted by Crippen LogP contribution is -2.21. The molecule has 0 aliphatic carbocycles. The largest absolute Gasteiger partial charge is 0.462 e. The Morgan fingerprint density at radius 3 is 2.00 bits per heavy atom. The monoisotopic (exact) mass is 512 g/mol. The molecule has 0 fully saturated rings. The number of hydrogen-bond donors (Lipinski definition) is 0. The van der Waals surface area contributed by atoms with E-state index in [9.17, 15) is 9.59 Å². The highest BCUT2D eigenvalue weighted by Gasteiger charge is 2.26. The van der Waals surface area contributed by atoms with Crippen LogP contribution in [0.2, 0.25) is 0 Å². The van der Waals surface area contributed by atoms with Gasteiger partial charge in [0.05, 0.1) is 23.9 Å². The van der Waals surface area contributed by atoms with Gasteiger partial charge in [0.15, 0.2) is 0 Å². The Balaban J connectivity index is 2.36. The zero-order valence-electron chi connectivity index (χ0n) is 23.7. The third-order valence-electron chi connectivity index (χ3n) is 6.86. The number of hydrogen-bond acceptors (Lipinski definition) is 5. The van der Waals surface area contributed by atoms with Gasteiger partial charge in [-0.15, -0.1) is 0 Å². The van der Waals surface area contributed by atoms with Gasteiger partial charge in [0, 0.05) is 12.6 Å². The Bertz CT molecular complexity index is 951. The molecule has 6 heteroatoms. The molecule has 206 valence electrons. The van der Waals surface area contributed by atoms with Crippen molar-refractivity contribution in [2.75, 3.05) is 6.61 Å². The fourth-order valence-electron chi connectivity index (χ4n) is 4.79. The molecular formula is C31H48N2O4. The summed E-state index contributed by atoms with van der Waals surface area (Å²) in [5, 5.41) is 4.21. The molecule has 0 saturated carbocycles. The van der Waals surface area contributed by atoms with Crippen LogP contribution in [0, 0.1) is 0 Å². The van der Waals surface area contributed by atoms with Crippen molar-refractivity contribution in [1.82, 2.24) is 9.78 Å². The van der Waals surface area contributed by atoms with Crippen LogP contribution in [-0.4, -0.2) is 28.3 Å². The lowest BCUT2D eigenvalue weighted by molar-refractivity contribution is 0.0516. The quantitative estimate of drug-likeness (QED) is 0.140. The molecule has 6 nitrogen and oxygen atoms in total. The molecule has 2 rings (SSSR count). The van der Waals surface area contributed by atoms with Gasteiger partial charge < -0.3 is 9.47 Å². The van der Waals surface area contributed by atoms with Crippen LogP contribution in [0.25, 0.3) is 0 Å². The Labute approximate surface area is 224 Å². The van der Waals surface area contributed by atoms with Crippen molar-refractivity contribution in [2.45, 2.75) is 124 Å². The molecule has 1 heterocycles. The molecule has 0 bridgehead atoms. The van der Waals surface area contributed by atoms with Crippen molar-refractivity contribution < 1.29 is 19.1 Å². The van der Waals surface area contributed by atoms with Gasteiger partial charge in [-0.25, -0.2) is 14.3 Å². The predicted molar refractivity (Wildman–Crippen MR) is 149 cm³/mol. The number of carbonyl (C=O) groups excluding carboxylic acids is 2. The van der Waals surface area contributed by atoms with Gasteiger partial charge in [-0.2, -0.15) is 5.10 Å². The van der Waals surface area contributed by atoms with Crippen molar-refractivity contribution in [3.63, 3.8) is 0 Å². The van der Waals surface area contributed by atoms with Crippen LogP contribution < -0.4 is 4.74 Å². The van der Waals surface area contributed by atoms with E-state index in [1.165, 1.54) is 57.8 Å². The highest BCUT2D eigenvalue weighted by Crippen LogP contribution is 2.27. The molecule has 0 aliphatic heterocycles. The topological polar surface area (TPSA) is 70.4 Å². The first-order valence-corrected chi connectivity index (χ1v) is 14.6. The highest BCUT2D eigenvalue weighted by molar-refractivity contribution is 6.05. The summed E-state index contributed by atoms with van der Waals surface area (Å²) in [5.74, 6) is -0.605. The van der Waals surface area contributed by atoms with Gasteiger partial charge in [-0.05, 0) is 56.7 Å². The maximum Gasteiger partial charge on any atom is 0.346 e. The van der Waals surface area contributed by atoms with Crippen molar-refractivity contribution in [3.8, 4) is 5.88 Å². The summed E-state index contributed by atoms with van der Waals surface area (Å²) in [5.41, 5.74) is 2.75. The number of benzene rings is 1. The Hall–Kier alpha value is -2.63. The van der Waals surface area contributed by atoms with E-state index in [1.807, 2.05) is 13.0 Å². The summed E-state index contributed by atoms with van der Waals surface area (Å²) in [6.45, 7) is 9.01. The van der Waals surface area contributed by atoms with Crippen LogP contribution in [0.3, 0.4) is 0 Å². The maximum absolute atomic E-state index is 13.6. The second kappa shape index (κ2) is 17.8. The van der Waals surface area contributed by atoms with Gasteiger partial charge in [-0.3, -0.25) is 0 Å². The van der Waals surface area contributed by atoms with Gasteiger partial charge in [-0.1, -0.05) is 84.1 Å². The number of nitrogens with zero attached hydrogens (tertiary/aromatic N) is 2. The van der Waals surface area contributed by atoms with E-state index in [1.54, 1.807) is 29.9 Å². The normalized spacial score (nSPS) is 11.0. The van der Waals surface area contributed by atoms with E-state index >= 15 is 0 Å². The molecule has 0 spiro atoms. The Morgan fingerprint density at radius 1 is 0.757 bits per heavy atom. The molecule has 1 aromatic heterocycles. The van der Waals surface area contributed by atoms with Crippen LogP contribution in [0.15, 0.2) is 24.4 Å². The molecule has 0 N–H and O–H groups in total. The van der Waals surface area contributed by atoms with E-state index in [2.05, 4.69) is 18.9 Å². The minimum atomic E-state index is -0.510. The molecule has 0 unspecified atom stereocenters. The zero-order chi connectivity index (χ0) is 26.9. The predicted octanol–water partition coefficient (Wildman–Crippen LogP) is 8.10. The van der Waals surface area contributed by atoms with Crippen LogP contribution >= 0.6 is 0 Å². The standard InChI is InChI=1S/C31H48N2O4/c1-5-9-11-13-15-17-19-25-21-22-27(30(34)36-8-4)29(26(25)20-18-16-14-12-10-6-2)31(35)37-28-23-24-32-33(28)7-3/h21-24H,5-20H2,1-4H3. The van der Waals surface area contributed by atoms with E-state index in [0.29, 0.717) is 23.6 Å². The van der Waals surface area contributed by atoms with Gasteiger partial charge in [0.1, 0.15) is 0 Å². The number of rotatable bonds is 19. The van der Waals surface area contributed by atoms with Gasteiger partial charge >= 0.3 is 11.9 Å². The van der Waals surface area contributed by atoms with Crippen molar-refractivity contribution in [2.24, 2.45) is 0 Å². The number of unbranched alkanes of at least 4 members (excludes halogenated alkanes) is 10. The first-order valence-electron chi connectivity index (χ1n) is 14.6. The van der Waals surface area contributed by atoms with Crippen LogP contribution in [0.5, 0.6) is 5.88 Å². The minimum Gasteiger partial charge on any atom is -0.462 e. The van der Waals surface area contributed by atoms with Crippen LogP contribution in [0.4, 0.5) is 0 Å². The first-order chi connectivity index (χ1) is 18.1. The summed E-state index contributed by atoms with van der Waals surface area (Å²) < 4.78 is 12.8. The lowest BCUT2D eigenvalue weighted by atomic mass is 9.89. The molecule has 1 aromatic carbocycles.